The van der Waals surface area contributed by atoms with Gasteiger partial charge in [0.15, 0.2) is 18.1 Å². The highest BCUT2D eigenvalue weighted by Gasteiger charge is 2.13. The molecule has 144 valence electrons. The Morgan fingerprint density at radius 3 is 2.64 bits per heavy atom. The largest absolute Gasteiger partial charge is 0.454 e. The van der Waals surface area contributed by atoms with E-state index in [-0.39, 0.29) is 13.3 Å². The minimum absolute atomic E-state index is 0.165. The van der Waals surface area contributed by atoms with E-state index in [2.05, 4.69) is 10.6 Å². The fraction of sp³-hybridized carbons (Fsp3) is 0.150. The van der Waals surface area contributed by atoms with Gasteiger partial charge in [-0.05, 0) is 29.3 Å². The van der Waals surface area contributed by atoms with Crippen LogP contribution in [0.15, 0.2) is 54.6 Å². The average molecular weight is 382 g/mol. The maximum atomic E-state index is 11.7. The van der Waals surface area contributed by atoms with Gasteiger partial charge in [-0.15, -0.1) is 0 Å². The minimum atomic E-state index is -0.726. The number of imide groups is 1. The average Bonchev–Trinajstić information content (AvgIpc) is 3.18. The molecule has 1 aliphatic rings. The molecular formula is C20H18N2O6. The van der Waals surface area contributed by atoms with E-state index in [0.717, 1.165) is 5.56 Å². The zero-order valence-electron chi connectivity index (χ0n) is 14.8. The highest BCUT2D eigenvalue weighted by molar-refractivity contribution is 5.96. The summed E-state index contributed by atoms with van der Waals surface area (Å²) in [6, 6.07) is 13.8. The van der Waals surface area contributed by atoms with Crippen LogP contribution in [0.3, 0.4) is 0 Å². The summed E-state index contributed by atoms with van der Waals surface area (Å²) in [5, 5.41) is 4.62. The molecule has 2 aromatic rings. The molecule has 1 heterocycles. The number of carbonyl (C=O) groups excluding carboxylic acids is 3. The molecule has 0 bridgehead atoms. The molecule has 0 saturated carbocycles. The number of carbonyl (C=O) groups is 3. The second-order valence-corrected chi connectivity index (χ2v) is 5.77. The standard InChI is InChI=1S/C20H18N2O6/c23-18(22-20(25)21-11-15-4-2-1-3-5-15)12-26-19(24)9-7-14-6-8-16-17(10-14)28-13-27-16/h1-10H,11-13H2,(H2,21,22,23,25). The van der Waals surface area contributed by atoms with E-state index in [1.54, 1.807) is 18.2 Å². The lowest BCUT2D eigenvalue weighted by molar-refractivity contribution is -0.143. The summed E-state index contributed by atoms with van der Waals surface area (Å²) in [5.41, 5.74) is 1.61. The van der Waals surface area contributed by atoms with Gasteiger partial charge in [0.1, 0.15) is 0 Å². The van der Waals surface area contributed by atoms with Gasteiger partial charge in [-0.3, -0.25) is 10.1 Å². The number of hydrogen-bond donors (Lipinski definition) is 2. The summed E-state index contributed by atoms with van der Waals surface area (Å²) in [6.07, 6.45) is 2.70. The molecule has 0 fully saturated rings. The Labute approximate surface area is 161 Å². The molecule has 3 rings (SSSR count). The third-order valence-corrected chi connectivity index (χ3v) is 3.70. The van der Waals surface area contributed by atoms with Crippen LogP contribution in [0.1, 0.15) is 11.1 Å². The van der Waals surface area contributed by atoms with Gasteiger partial charge in [-0.2, -0.15) is 0 Å². The van der Waals surface area contributed by atoms with E-state index in [1.165, 1.54) is 12.2 Å². The van der Waals surface area contributed by atoms with Gasteiger partial charge >= 0.3 is 12.0 Å². The van der Waals surface area contributed by atoms with Crippen molar-refractivity contribution < 1.29 is 28.6 Å². The number of rotatable bonds is 6. The number of hydrogen-bond acceptors (Lipinski definition) is 6. The second-order valence-electron chi connectivity index (χ2n) is 5.77. The monoisotopic (exact) mass is 382 g/mol. The Kier molecular flexibility index (Phi) is 6.25. The number of esters is 1. The maximum Gasteiger partial charge on any atom is 0.331 e. The SMILES string of the molecule is O=C(COC(=O)C=Cc1ccc2c(c1)OCO2)NC(=O)NCc1ccccc1. The van der Waals surface area contributed by atoms with E-state index in [0.29, 0.717) is 17.1 Å². The fourth-order valence-electron chi connectivity index (χ4n) is 2.35. The molecule has 0 unspecified atom stereocenters. The quantitative estimate of drug-likeness (QED) is 0.585. The van der Waals surface area contributed by atoms with E-state index in [1.807, 2.05) is 30.3 Å². The van der Waals surface area contributed by atoms with E-state index in [4.69, 9.17) is 14.2 Å². The molecule has 0 spiro atoms. The third-order valence-electron chi connectivity index (χ3n) is 3.70. The summed E-state index contributed by atoms with van der Waals surface area (Å²) < 4.78 is 15.3. The highest BCUT2D eigenvalue weighted by Crippen LogP contribution is 2.32. The summed E-state index contributed by atoms with van der Waals surface area (Å²) in [7, 11) is 0. The Hall–Kier alpha value is -3.81. The summed E-state index contributed by atoms with van der Waals surface area (Å²) in [5.74, 6) is -0.203. The molecule has 2 N–H and O–H groups in total. The first-order valence-electron chi connectivity index (χ1n) is 8.46. The van der Waals surface area contributed by atoms with Crippen LogP contribution < -0.4 is 20.1 Å². The van der Waals surface area contributed by atoms with Gasteiger partial charge < -0.3 is 19.5 Å². The van der Waals surface area contributed by atoms with Crippen molar-refractivity contribution in [3.8, 4) is 11.5 Å². The molecule has 0 radical (unpaired) electrons. The molecule has 8 heteroatoms. The molecular weight excluding hydrogens is 364 g/mol. The first-order chi connectivity index (χ1) is 13.6. The van der Waals surface area contributed by atoms with Crippen molar-refractivity contribution in [2.24, 2.45) is 0 Å². The van der Waals surface area contributed by atoms with Gasteiger partial charge in [-0.1, -0.05) is 36.4 Å². The Morgan fingerprint density at radius 2 is 1.82 bits per heavy atom. The number of urea groups is 1. The van der Waals surface area contributed by atoms with Crippen molar-refractivity contribution in [1.29, 1.82) is 0 Å². The van der Waals surface area contributed by atoms with Crippen molar-refractivity contribution in [3.63, 3.8) is 0 Å². The van der Waals surface area contributed by atoms with E-state index >= 15 is 0 Å². The zero-order valence-corrected chi connectivity index (χ0v) is 14.8. The van der Waals surface area contributed by atoms with Crippen LogP contribution in [0, 0.1) is 0 Å². The molecule has 0 atom stereocenters. The van der Waals surface area contributed by atoms with Crippen LogP contribution in [0.5, 0.6) is 11.5 Å². The van der Waals surface area contributed by atoms with Crippen LogP contribution in [-0.4, -0.2) is 31.3 Å². The number of nitrogens with one attached hydrogen (secondary N) is 2. The van der Waals surface area contributed by atoms with Gasteiger partial charge in [0.25, 0.3) is 5.91 Å². The van der Waals surface area contributed by atoms with Crippen molar-refractivity contribution in [2.45, 2.75) is 6.54 Å². The molecule has 0 aliphatic carbocycles. The number of fused-ring (bicyclic) bond motifs is 1. The van der Waals surface area contributed by atoms with Crippen molar-refractivity contribution in [1.82, 2.24) is 10.6 Å². The maximum absolute atomic E-state index is 11.7. The smallest absolute Gasteiger partial charge is 0.331 e. The number of ether oxygens (including phenoxy) is 3. The van der Waals surface area contributed by atoms with Gasteiger partial charge in [0, 0.05) is 12.6 Å². The van der Waals surface area contributed by atoms with Crippen LogP contribution in [0.2, 0.25) is 0 Å². The topological polar surface area (TPSA) is 103 Å². The fourth-order valence-corrected chi connectivity index (χ4v) is 2.35. The molecule has 1 aliphatic heterocycles. The van der Waals surface area contributed by atoms with E-state index < -0.39 is 24.5 Å². The van der Waals surface area contributed by atoms with Crippen molar-refractivity contribution in [3.05, 3.63) is 65.7 Å². The van der Waals surface area contributed by atoms with Crippen molar-refractivity contribution >= 4 is 24.0 Å². The van der Waals surface area contributed by atoms with Crippen molar-refractivity contribution in [2.75, 3.05) is 13.4 Å². The van der Waals surface area contributed by atoms with Gasteiger partial charge in [0.2, 0.25) is 6.79 Å². The molecule has 0 saturated heterocycles. The lowest BCUT2D eigenvalue weighted by atomic mass is 10.2. The Morgan fingerprint density at radius 1 is 1.04 bits per heavy atom. The highest BCUT2D eigenvalue weighted by atomic mass is 16.7. The zero-order chi connectivity index (χ0) is 19.8. The second kappa shape index (κ2) is 9.22. The van der Waals surface area contributed by atoms with Crippen LogP contribution in [-0.2, 0) is 20.9 Å². The molecule has 28 heavy (non-hydrogen) atoms. The Bertz CT molecular complexity index is 895. The molecule has 2 aromatic carbocycles. The number of amides is 3. The third kappa shape index (κ3) is 5.60. The summed E-state index contributed by atoms with van der Waals surface area (Å²) in [6.45, 7) is -0.125. The van der Waals surface area contributed by atoms with Crippen LogP contribution in [0.4, 0.5) is 4.79 Å². The number of benzene rings is 2. The van der Waals surface area contributed by atoms with Gasteiger partial charge in [0.05, 0.1) is 0 Å². The summed E-state index contributed by atoms with van der Waals surface area (Å²) >= 11 is 0. The Balaban J connectivity index is 1.37. The molecule has 3 amide bonds. The first-order valence-corrected chi connectivity index (χ1v) is 8.46. The van der Waals surface area contributed by atoms with Gasteiger partial charge in [-0.25, -0.2) is 9.59 Å². The normalized spacial score (nSPS) is 11.9. The predicted octanol–water partition coefficient (Wildman–Crippen LogP) is 2.00. The van der Waals surface area contributed by atoms with Crippen LogP contribution in [0.25, 0.3) is 6.08 Å². The lowest BCUT2D eigenvalue weighted by Gasteiger charge is -2.07. The molecule has 8 nitrogen and oxygen atoms in total. The van der Waals surface area contributed by atoms with Crippen LogP contribution >= 0.6 is 0 Å². The van der Waals surface area contributed by atoms with E-state index in [9.17, 15) is 14.4 Å². The first kappa shape index (κ1) is 19.0. The predicted molar refractivity (Wildman–Crippen MR) is 99.4 cm³/mol. The lowest BCUT2D eigenvalue weighted by Crippen LogP contribution is -2.41. The summed E-state index contributed by atoms with van der Waals surface area (Å²) in [4.78, 5) is 35.0. The molecule has 0 aromatic heterocycles. The minimum Gasteiger partial charge on any atom is -0.454 e.